The Morgan fingerprint density at radius 3 is 2.42 bits per heavy atom. The average Bonchev–Trinajstić information content (AvgIpc) is 3.23. The maximum Gasteiger partial charge on any atom is 0.323 e. The molecule has 0 amide bonds. The van der Waals surface area contributed by atoms with Gasteiger partial charge in [-0.15, -0.1) is 0 Å². The SMILES string of the molecule is CCC(N)(CCCN1CCN(C2CC2)CC1)C(=O)O. The van der Waals surface area contributed by atoms with Crippen molar-refractivity contribution in [3.8, 4) is 0 Å². The first-order chi connectivity index (χ1) is 9.05. The minimum absolute atomic E-state index is 0.498. The van der Waals surface area contributed by atoms with Crippen LogP contribution >= 0.6 is 0 Å². The largest absolute Gasteiger partial charge is 0.480 e. The molecular weight excluding hydrogens is 242 g/mol. The fourth-order valence-corrected chi connectivity index (χ4v) is 2.84. The zero-order valence-corrected chi connectivity index (χ0v) is 12.0. The molecule has 0 aromatic carbocycles. The number of aliphatic carboxylic acids is 1. The summed E-state index contributed by atoms with van der Waals surface area (Å²) in [6, 6.07) is 0.867. The van der Waals surface area contributed by atoms with Crippen LogP contribution in [0.4, 0.5) is 0 Å². The van der Waals surface area contributed by atoms with Gasteiger partial charge in [0.2, 0.25) is 0 Å². The molecular formula is C14H27N3O2. The quantitative estimate of drug-likeness (QED) is 0.713. The molecule has 19 heavy (non-hydrogen) atoms. The second-order valence-corrected chi connectivity index (χ2v) is 6.03. The van der Waals surface area contributed by atoms with Crippen LogP contribution < -0.4 is 5.73 Å². The molecule has 0 bridgehead atoms. The molecule has 0 spiro atoms. The summed E-state index contributed by atoms with van der Waals surface area (Å²) in [7, 11) is 0. The molecule has 0 radical (unpaired) electrons. The van der Waals surface area contributed by atoms with Gasteiger partial charge in [0.05, 0.1) is 0 Å². The van der Waals surface area contributed by atoms with Crippen molar-refractivity contribution in [3.63, 3.8) is 0 Å². The Balaban J connectivity index is 1.64. The van der Waals surface area contributed by atoms with Crippen molar-refractivity contribution in [2.45, 2.75) is 50.6 Å². The topological polar surface area (TPSA) is 69.8 Å². The molecule has 2 aliphatic rings. The number of rotatable bonds is 7. The van der Waals surface area contributed by atoms with E-state index in [1.165, 1.54) is 25.9 Å². The predicted molar refractivity (Wildman–Crippen MR) is 75.1 cm³/mol. The molecule has 1 saturated heterocycles. The molecule has 1 unspecified atom stereocenters. The van der Waals surface area contributed by atoms with Crippen molar-refractivity contribution in [2.24, 2.45) is 5.73 Å². The third kappa shape index (κ3) is 3.91. The Labute approximate surface area is 115 Å². The van der Waals surface area contributed by atoms with E-state index in [-0.39, 0.29) is 0 Å². The number of nitrogens with zero attached hydrogens (tertiary/aromatic N) is 2. The van der Waals surface area contributed by atoms with E-state index in [0.29, 0.717) is 12.8 Å². The van der Waals surface area contributed by atoms with E-state index >= 15 is 0 Å². The van der Waals surface area contributed by atoms with Crippen LogP contribution in [0.25, 0.3) is 0 Å². The Kier molecular flexibility index (Phi) is 4.81. The fourth-order valence-electron chi connectivity index (χ4n) is 2.84. The summed E-state index contributed by atoms with van der Waals surface area (Å²) in [6.07, 6.45) is 4.70. The van der Waals surface area contributed by atoms with Gasteiger partial charge in [-0.25, -0.2) is 0 Å². The van der Waals surface area contributed by atoms with Crippen LogP contribution in [0.2, 0.25) is 0 Å². The van der Waals surface area contributed by atoms with Gasteiger partial charge in [0.15, 0.2) is 0 Å². The second kappa shape index (κ2) is 6.20. The monoisotopic (exact) mass is 269 g/mol. The van der Waals surface area contributed by atoms with E-state index in [2.05, 4.69) is 9.80 Å². The Morgan fingerprint density at radius 2 is 1.95 bits per heavy atom. The number of carboxylic acids is 1. The van der Waals surface area contributed by atoms with Crippen LogP contribution in [-0.4, -0.2) is 65.2 Å². The lowest BCUT2D eigenvalue weighted by Crippen LogP contribution is -2.49. The van der Waals surface area contributed by atoms with E-state index in [9.17, 15) is 4.79 Å². The van der Waals surface area contributed by atoms with Crippen molar-refractivity contribution in [3.05, 3.63) is 0 Å². The molecule has 1 aliphatic heterocycles. The third-order valence-electron chi connectivity index (χ3n) is 4.62. The van der Waals surface area contributed by atoms with Crippen LogP contribution in [-0.2, 0) is 4.79 Å². The molecule has 3 N–H and O–H groups in total. The number of carbonyl (C=O) groups is 1. The lowest BCUT2D eigenvalue weighted by molar-refractivity contribution is -0.143. The van der Waals surface area contributed by atoms with E-state index in [1.54, 1.807) is 0 Å². The van der Waals surface area contributed by atoms with Crippen LogP contribution in [0, 0.1) is 0 Å². The molecule has 1 atom stereocenters. The number of hydrogen-bond donors (Lipinski definition) is 2. The normalized spacial score (nSPS) is 25.2. The minimum atomic E-state index is -1.03. The van der Waals surface area contributed by atoms with Crippen molar-refractivity contribution in [2.75, 3.05) is 32.7 Å². The van der Waals surface area contributed by atoms with Crippen molar-refractivity contribution in [1.29, 1.82) is 0 Å². The first kappa shape index (κ1) is 14.8. The number of piperazine rings is 1. The molecule has 1 saturated carbocycles. The van der Waals surface area contributed by atoms with Gasteiger partial charge >= 0.3 is 5.97 Å². The van der Waals surface area contributed by atoms with Crippen LogP contribution in [0.15, 0.2) is 0 Å². The molecule has 1 heterocycles. The molecule has 5 nitrogen and oxygen atoms in total. The van der Waals surface area contributed by atoms with Gasteiger partial charge in [-0.2, -0.15) is 0 Å². The lowest BCUT2D eigenvalue weighted by atomic mass is 9.92. The Hall–Kier alpha value is -0.650. The number of nitrogens with two attached hydrogens (primary N) is 1. The van der Waals surface area contributed by atoms with Gasteiger partial charge < -0.3 is 15.7 Å². The van der Waals surface area contributed by atoms with E-state index in [1.807, 2.05) is 6.92 Å². The van der Waals surface area contributed by atoms with Crippen molar-refractivity contribution < 1.29 is 9.90 Å². The maximum atomic E-state index is 11.1. The van der Waals surface area contributed by atoms with Gasteiger partial charge in [-0.05, 0) is 38.6 Å². The number of carboxylic acid groups (broad SMARTS) is 1. The van der Waals surface area contributed by atoms with E-state index in [4.69, 9.17) is 10.8 Å². The predicted octanol–water partition coefficient (Wildman–Crippen LogP) is 0.739. The molecule has 5 heteroatoms. The minimum Gasteiger partial charge on any atom is -0.480 e. The van der Waals surface area contributed by atoms with E-state index < -0.39 is 11.5 Å². The maximum absolute atomic E-state index is 11.1. The molecule has 2 rings (SSSR count). The van der Waals surface area contributed by atoms with Crippen LogP contribution in [0.3, 0.4) is 0 Å². The summed E-state index contributed by atoms with van der Waals surface area (Å²) in [5.74, 6) is -0.867. The third-order valence-corrected chi connectivity index (χ3v) is 4.62. The van der Waals surface area contributed by atoms with Crippen molar-refractivity contribution >= 4 is 5.97 Å². The zero-order chi connectivity index (χ0) is 13.9. The standard InChI is InChI=1S/C14H27N3O2/c1-2-14(15,13(18)19)6-3-7-16-8-10-17(11-9-16)12-4-5-12/h12H,2-11,15H2,1H3,(H,18,19). The van der Waals surface area contributed by atoms with Gasteiger partial charge in [0.1, 0.15) is 5.54 Å². The summed E-state index contributed by atoms with van der Waals surface area (Å²) in [5, 5.41) is 9.13. The molecule has 0 aromatic heterocycles. The fraction of sp³-hybridized carbons (Fsp3) is 0.929. The summed E-state index contributed by atoms with van der Waals surface area (Å²) in [5.41, 5.74) is 4.87. The molecule has 0 aromatic rings. The summed E-state index contributed by atoms with van der Waals surface area (Å²) < 4.78 is 0. The van der Waals surface area contributed by atoms with Gasteiger partial charge in [-0.1, -0.05) is 6.92 Å². The highest BCUT2D eigenvalue weighted by Gasteiger charge is 2.33. The summed E-state index contributed by atoms with van der Waals surface area (Å²) >= 11 is 0. The van der Waals surface area contributed by atoms with Crippen LogP contribution in [0.1, 0.15) is 39.0 Å². The van der Waals surface area contributed by atoms with Gasteiger partial charge in [0, 0.05) is 32.2 Å². The Bertz CT molecular complexity index is 312. The highest BCUT2D eigenvalue weighted by molar-refractivity contribution is 5.78. The van der Waals surface area contributed by atoms with Crippen LogP contribution in [0.5, 0.6) is 0 Å². The van der Waals surface area contributed by atoms with Crippen molar-refractivity contribution in [1.82, 2.24) is 9.80 Å². The Morgan fingerprint density at radius 1 is 1.32 bits per heavy atom. The first-order valence-corrected chi connectivity index (χ1v) is 7.54. The first-order valence-electron chi connectivity index (χ1n) is 7.54. The highest BCUT2D eigenvalue weighted by Crippen LogP contribution is 2.27. The molecule has 2 fully saturated rings. The zero-order valence-electron chi connectivity index (χ0n) is 12.0. The van der Waals surface area contributed by atoms with E-state index in [0.717, 1.165) is 32.1 Å². The van der Waals surface area contributed by atoms with Gasteiger partial charge in [0.25, 0.3) is 0 Å². The lowest BCUT2D eigenvalue weighted by Gasteiger charge is -2.35. The highest BCUT2D eigenvalue weighted by atomic mass is 16.4. The van der Waals surface area contributed by atoms with Gasteiger partial charge in [-0.3, -0.25) is 9.69 Å². The molecule has 1 aliphatic carbocycles. The molecule has 110 valence electrons. The second-order valence-electron chi connectivity index (χ2n) is 6.03. The average molecular weight is 269 g/mol. The summed E-state index contributed by atoms with van der Waals surface area (Å²) in [4.78, 5) is 16.1. The number of hydrogen-bond acceptors (Lipinski definition) is 4. The smallest absolute Gasteiger partial charge is 0.323 e. The summed E-state index contributed by atoms with van der Waals surface area (Å²) in [6.45, 7) is 7.41.